The van der Waals surface area contributed by atoms with Gasteiger partial charge < -0.3 is 5.32 Å². The van der Waals surface area contributed by atoms with Crippen molar-refractivity contribution in [3.63, 3.8) is 0 Å². The van der Waals surface area contributed by atoms with E-state index in [2.05, 4.69) is 15.0 Å². The van der Waals surface area contributed by atoms with Crippen LogP contribution in [-0.2, 0) is 10.0 Å². The summed E-state index contributed by atoms with van der Waals surface area (Å²) in [5, 5.41) is 4.26. The second-order valence-electron chi connectivity index (χ2n) is 6.24. The van der Waals surface area contributed by atoms with Gasteiger partial charge in [0.1, 0.15) is 5.82 Å². The summed E-state index contributed by atoms with van der Waals surface area (Å²) in [6, 6.07) is 4.97. The largest absolute Gasteiger partial charge is 0.359 e. The molecule has 0 atom stereocenters. The van der Waals surface area contributed by atoms with Gasteiger partial charge in [0.25, 0.3) is 0 Å². The van der Waals surface area contributed by atoms with Gasteiger partial charge in [-0.05, 0) is 56.7 Å². The normalized spacial score (nSPS) is 21.9. The van der Waals surface area contributed by atoms with Crippen molar-refractivity contribution in [3.8, 4) is 0 Å². The summed E-state index contributed by atoms with van der Waals surface area (Å²) < 4.78 is 39.8. The number of aromatic nitrogens is 1. The molecular weight excluding hydrogens is 349 g/mol. The van der Waals surface area contributed by atoms with Gasteiger partial charge in [-0.1, -0.05) is 11.3 Å². The summed E-state index contributed by atoms with van der Waals surface area (Å²) in [5.74, 6) is 0.281. The van der Waals surface area contributed by atoms with E-state index in [-0.39, 0.29) is 11.6 Å². The molecule has 0 spiro atoms. The Balaban J connectivity index is 1.51. The van der Waals surface area contributed by atoms with Gasteiger partial charge in [-0.25, -0.2) is 22.5 Å². The third-order valence-electron chi connectivity index (χ3n) is 4.50. The van der Waals surface area contributed by atoms with Crippen molar-refractivity contribution in [1.82, 2.24) is 9.71 Å². The van der Waals surface area contributed by atoms with E-state index in [1.54, 1.807) is 13.0 Å². The number of rotatable bonds is 6. The van der Waals surface area contributed by atoms with Gasteiger partial charge in [-0.15, -0.1) is 0 Å². The molecule has 1 aromatic carbocycles. The summed E-state index contributed by atoms with van der Waals surface area (Å²) in [7, 11) is -3.10. The molecule has 24 heavy (non-hydrogen) atoms. The molecule has 132 valence electrons. The molecule has 0 bridgehead atoms. The average molecular weight is 372 g/mol. The molecule has 2 aromatic rings. The van der Waals surface area contributed by atoms with Crippen LogP contribution in [-0.4, -0.2) is 31.7 Å². The molecule has 0 radical (unpaired) electrons. The Kier molecular flexibility index (Phi) is 5.36. The number of nitrogens with zero attached hydrogens (tertiary/aromatic N) is 1. The highest BCUT2D eigenvalue weighted by Gasteiger charge is 2.23. The predicted octanol–water partition coefficient (Wildman–Crippen LogP) is 3.35. The van der Waals surface area contributed by atoms with E-state index >= 15 is 0 Å². The van der Waals surface area contributed by atoms with E-state index in [0.717, 1.165) is 41.0 Å². The van der Waals surface area contributed by atoms with Crippen LogP contribution in [0, 0.1) is 11.7 Å². The first kappa shape index (κ1) is 17.6. The predicted molar refractivity (Wildman–Crippen MR) is 96.4 cm³/mol. The maximum Gasteiger partial charge on any atom is 0.211 e. The number of hydrogen-bond acceptors (Lipinski definition) is 5. The molecule has 8 heteroatoms. The zero-order valence-electron chi connectivity index (χ0n) is 13.6. The van der Waals surface area contributed by atoms with Crippen LogP contribution in [0.25, 0.3) is 10.2 Å². The molecule has 5 nitrogen and oxygen atoms in total. The highest BCUT2D eigenvalue weighted by molar-refractivity contribution is 7.89. The Morgan fingerprint density at radius 3 is 2.75 bits per heavy atom. The average Bonchev–Trinajstić information content (AvgIpc) is 2.95. The van der Waals surface area contributed by atoms with Crippen molar-refractivity contribution in [2.24, 2.45) is 5.92 Å². The highest BCUT2D eigenvalue weighted by atomic mass is 32.2. The van der Waals surface area contributed by atoms with Gasteiger partial charge in [0.05, 0.1) is 16.0 Å². The molecule has 3 rings (SSSR count). The smallest absolute Gasteiger partial charge is 0.211 e. The van der Waals surface area contributed by atoms with Crippen LogP contribution in [0.1, 0.15) is 32.6 Å². The van der Waals surface area contributed by atoms with E-state index in [1.165, 1.54) is 23.5 Å². The fourth-order valence-corrected chi connectivity index (χ4v) is 4.65. The third-order valence-corrected chi connectivity index (χ3v) is 6.81. The number of halogens is 1. The minimum atomic E-state index is -3.10. The van der Waals surface area contributed by atoms with Crippen LogP contribution in [0.3, 0.4) is 0 Å². The Labute approximate surface area is 145 Å². The summed E-state index contributed by atoms with van der Waals surface area (Å²) in [5.41, 5.74) is 0.812. The fraction of sp³-hybridized carbons (Fsp3) is 0.562. The number of thiazole rings is 1. The van der Waals surface area contributed by atoms with E-state index in [0.29, 0.717) is 18.5 Å². The summed E-state index contributed by atoms with van der Waals surface area (Å²) in [4.78, 5) is 4.50. The fourth-order valence-electron chi connectivity index (χ4n) is 2.99. The molecule has 1 fully saturated rings. The number of nitrogens with one attached hydrogen (secondary N) is 2. The van der Waals surface area contributed by atoms with Gasteiger partial charge in [-0.3, -0.25) is 0 Å². The third kappa shape index (κ3) is 4.43. The Hall–Kier alpha value is -1.25. The SMILES string of the molecule is CCS(=O)(=O)NCC1CCC(Nc2nc3ccc(F)cc3s2)CC1. The molecule has 0 aliphatic heterocycles. The lowest BCUT2D eigenvalue weighted by atomic mass is 9.86. The number of fused-ring (bicyclic) bond motifs is 1. The maximum absolute atomic E-state index is 13.2. The van der Waals surface area contributed by atoms with Gasteiger partial charge in [-0.2, -0.15) is 0 Å². The quantitative estimate of drug-likeness (QED) is 0.817. The van der Waals surface area contributed by atoms with E-state index in [4.69, 9.17) is 0 Å². The molecule has 2 N–H and O–H groups in total. The van der Waals surface area contributed by atoms with Gasteiger partial charge in [0.2, 0.25) is 10.0 Å². The summed E-state index contributed by atoms with van der Waals surface area (Å²) in [6.07, 6.45) is 3.96. The van der Waals surface area contributed by atoms with Crippen molar-refractivity contribution in [3.05, 3.63) is 24.0 Å². The Morgan fingerprint density at radius 1 is 1.29 bits per heavy atom. The topological polar surface area (TPSA) is 71.1 Å². The van der Waals surface area contributed by atoms with Crippen LogP contribution in [0.4, 0.5) is 9.52 Å². The Bertz CT molecular complexity index is 799. The first-order valence-corrected chi connectivity index (χ1v) is 10.7. The van der Waals surface area contributed by atoms with Crippen LogP contribution in [0.2, 0.25) is 0 Å². The van der Waals surface area contributed by atoms with Gasteiger partial charge >= 0.3 is 0 Å². The monoisotopic (exact) mass is 371 g/mol. The van der Waals surface area contributed by atoms with Crippen LogP contribution in [0.15, 0.2) is 18.2 Å². The van der Waals surface area contributed by atoms with Crippen molar-refractivity contribution < 1.29 is 12.8 Å². The van der Waals surface area contributed by atoms with E-state index in [1.807, 2.05) is 0 Å². The molecule has 1 aliphatic carbocycles. The van der Waals surface area contributed by atoms with Crippen molar-refractivity contribution >= 4 is 36.7 Å². The minimum absolute atomic E-state index is 0.127. The molecular formula is C16H22FN3O2S2. The number of anilines is 1. The zero-order valence-corrected chi connectivity index (χ0v) is 15.2. The molecule has 1 saturated carbocycles. The second kappa shape index (κ2) is 7.33. The summed E-state index contributed by atoms with van der Waals surface area (Å²) >= 11 is 1.47. The van der Waals surface area contributed by atoms with Crippen molar-refractivity contribution in [2.75, 3.05) is 17.6 Å². The first-order chi connectivity index (χ1) is 11.4. The minimum Gasteiger partial charge on any atom is -0.359 e. The molecule has 0 saturated heterocycles. The lowest BCUT2D eigenvalue weighted by molar-refractivity contribution is 0.337. The molecule has 1 aromatic heterocycles. The van der Waals surface area contributed by atoms with Crippen molar-refractivity contribution in [1.29, 1.82) is 0 Å². The van der Waals surface area contributed by atoms with E-state index in [9.17, 15) is 12.8 Å². The standard InChI is InChI=1S/C16H22FN3O2S2/c1-2-24(21,22)18-10-11-3-6-13(7-4-11)19-16-20-14-8-5-12(17)9-15(14)23-16/h5,8-9,11,13,18H,2-4,6-7,10H2,1H3,(H,19,20). The zero-order chi connectivity index (χ0) is 17.2. The molecule has 0 amide bonds. The molecule has 1 heterocycles. The van der Waals surface area contributed by atoms with Crippen LogP contribution >= 0.6 is 11.3 Å². The Morgan fingerprint density at radius 2 is 2.04 bits per heavy atom. The van der Waals surface area contributed by atoms with Crippen molar-refractivity contribution in [2.45, 2.75) is 38.6 Å². The molecule has 0 unspecified atom stereocenters. The summed E-state index contributed by atoms with van der Waals surface area (Å²) in [6.45, 7) is 2.18. The lowest BCUT2D eigenvalue weighted by Gasteiger charge is -2.29. The second-order valence-corrected chi connectivity index (χ2v) is 9.37. The maximum atomic E-state index is 13.2. The molecule has 1 aliphatic rings. The van der Waals surface area contributed by atoms with Crippen LogP contribution < -0.4 is 10.0 Å². The van der Waals surface area contributed by atoms with E-state index < -0.39 is 10.0 Å². The highest BCUT2D eigenvalue weighted by Crippen LogP contribution is 2.30. The first-order valence-electron chi connectivity index (χ1n) is 8.25. The van der Waals surface area contributed by atoms with Gasteiger partial charge in [0, 0.05) is 12.6 Å². The lowest BCUT2D eigenvalue weighted by Crippen LogP contribution is -2.34. The van der Waals surface area contributed by atoms with Gasteiger partial charge in [0.15, 0.2) is 5.13 Å². The number of hydrogen-bond donors (Lipinski definition) is 2. The number of sulfonamides is 1. The van der Waals surface area contributed by atoms with Crippen LogP contribution in [0.5, 0.6) is 0 Å². The number of benzene rings is 1.